The van der Waals surface area contributed by atoms with Gasteiger partial charge in [0.1, 0.15) is 47.5 Å². The van der Waals surface area contributed by atoms with E-state index in [9.17, 15) is 107 Å². The quantitative estimate of drug-likeness (QED) is 0.0139. The van der Waals surface area contributed by atoms with Gasteiger partial charge in [-0.05, 0) is 120 Å². The number of carbonyl (C=O) groups is 16. The Balaban J connectivity index is 0.000000633. The van der Waals surface area contributed by atoms with E-state index < -0.39 is 194 Å². The third kappa shape index (κ3) is 32.4. The van der Waals surface area contributed by atoms with Crippen molar-refractivity contribution < 1.29 is 117 Å². The predicted molar refractivity (Wildman–Crippen MR) is 378 cm³/mol. The number of aliphatic hydroxyl groups excluding tert-OH is 2. The van der Waals surface area contributed by atoms with Crippen LogP contribution in [0.1, 0.15) is 161 Å². The summed E-state index contributed by atoms with van der Waals surface area (Å²) in [5.41, 5.74) is 14.6. The number of nitrogens with two attached hydrogens (primary N) is 1. The number of carboxylic acids is 4. The molecule has 0 bridgehead atoms. The number of hydrogen-bond acceptors (Lipinski definition) is 22. The first-order valence-electron chi connectivity index (χ1n) is 35.9. The monoisotopic (exact) mass is 1510 g/mol. The average Bonchev–Trinajstić information content (AvgIpc) is 1.68. The Labute approximate surface area is 619 Å². The normalized spacial score (nSPS) is 17.5. The number of amides is 8. The molecule has 4 rings (SSSR count). The van der Waals surface area contributed by atoms with Crippen LogP contribution in [0.2, 0.25) is 0 Å². The van der Waals surface area contributed by atoms with E-state index in [1.807, 2.05) is 13.8 Å². The van der Waals surface area contributed by atoms with Crippen LogP contribution < -0.4 is 32.3 Å². The Hall–Kier alpha value is -9.95. The van der Waals surface area contributed by atoms with Crippen molar-refractivity contribution in [3.8, 4) is 18.1 Å². The maximum Gasteiger partial charge on any atom is 0.326 e. The number of phenols is 1. The summed E-state index contributed by atoms with van der Waals surface area (Å²) >= 11 is 0. The average molecular weight is 1510 g/mol. The molecule has 14 N–H and O–H groups in total. The molecular formula is C71H104N12O24. The first-order valence-corrected chi connectivity index (χ1v) is 35.9. The van der Waals surface area contributed by atoms with Crippen molar-refractivity contribution in [2.75, 3.05) is 65.7 Å². The lowest BCUT2D eigenvalue weighted by molar-refractivity contribution is -0.149. The van der Waals surface area contributed by atoms with Crippen LogP contribution in [-0.2, 0) is 87.9 Å². The highest BCUT2D eigenvalue weighted by molar-refractivity contribution is 5.99. The van der Waals surface area contributed by atoms with E-state index in [-0.39, 0.29) is 133 Å². The molecule has 0 unspecified atom stereocenters. The van der Waals surface area contributed by atoms with E-state index >= 15 is 0 Å². The van der Waals surface area contributed by atoms with Gasteiger partial charge in [0.25, 0.3) is 0 Å². The van der Waals surface area contributed by atoms with Crippen LogP contribution in [0.25, 0.3) is 10.4 Å². The van der Waals surface area contributed by atoms with Crippen molar-refractivity contribution in [2.45, 2.75) is 204 Å². The fourth-order valence-electron chi connectivity index (χ4n) is 12.8. The summed E-state index contributed by atoms with van der Waals surface area (Å²) in [7, 11) is 0. The minimum atomic E-state index is -1.63. The van der Waals surface area contributed by atoms with Crippen molar-refractivity contribution in [1.82, 2.24) is 41.3 Å². The van der Waals surface area contributed by atoms with Crippen LogP contribution in [0.3, 0.4) is 0 Å². The van der Waals surface area contributed by atoms with Gasteiger partial charge in [0.05, 0.1) is 50.8 Å². The van der Waals surface area contributed by atoms with Crippen molar-refractivity contribution in [2.24, 2.45) is 40.4 Å². The molecule has 1 aromatic rings. The lowest BCUT2D eigenvalue weighted by atomic mass is 9.91. The molecule has 3 aliphatic heterocycles. The van der Waals surface area contributed by atoms with Gasteiger partial charge >= 0.3 is 23.9 Å². The number of benzene rings is 1. The molecule has 8 amide bonds. The smallest absolute Gasteiger partial charge is 0.326 e. The van der Waals surface area contributed by atoms with Gasteiger partial charge in [-0.25, -0.2) is 4.79 Å². The van der Waals surface area contributed by atoms with Gasteiger partial charge in [0, 0.05) is 107 Å². The minimum absolute atomic E-state index is 0.0250. The number of Topliss-reactive ketones (excluding diaryl/α,β-unsaturated/α-hetero) is 4. The number of likely N-dealkylation sites (tertiary alicyclic amines) is 3. The van der Waals surface area contributed by atoms with Gasteiger partial charge in [0.15, 0.2) is 11.6 Å². The van der Waals surface area contributed by atoms with E-state index in [2.05, 4.69) is 42.5 Å². The second kappa shape index (κ2) is 48.3. The summed E-state index contributed by atoms with van der Waals surface area (Å²) in [5.74, 6) is -14.5. The Morgan fingerprint density at radius 3 is 1.72 bits per heavy atom. The number of ether oxygens (including phenoxy) is 1. The molecule has 36 heteroatoms. The van der Waals surface area contributed by atoms with Crippen LogP contribution >= 0.6 is 0 Å². The first-order chi connectivity index (χ1) is 50.8. The Bertz CT molecular complexity index is 3340. The van der Waals surface area contributed by atoms with Gasteiger partial charge < -0.3 is 92.3 Å². The van der Waals surface area contributed by atoms with Gasteiger partial charge in [-0.1, -0.05) is 37.5 Å². The topological polar surface area (TPSA) is 569 Å². The molecule has 592 valence electrons. The summed E-state index contributed by atoms with van der Waals surface area (Å²) < 4.78 is 5.18. The number of aliphatic hydroxyl groups is 2. The highest BCUT2D eigenvalue weighted by Crippen LogP contribution is 2.30. The molecule has 3 aliphatic rings. The van der Waals surface area contributed by atoms with Crippen molar-refractivity contribution in [3.63, 3.8) is 0 Å². The van der Waals surface area contributed by atoms with Crippen molar-refractivity contribution >= 4 is 94.3 Å². The number of azide groups is 1. The number of rotatable bonds is 49. The summed E-state index contributed by atoms with van der Waals surface area (Å²) in [6.07, 6.45) is 5.55. The molecule has 0 aromatic heterocycles. The SMILES string of the molecule is C#CCCC(=O)C[C@@H](CCCCN)C(=O)N1CCC[C@H]1C(=O)C[C@@H](CO)C(=O)N[C@H](CO)C(=O)N1CCC[C@H]1C(=O)N1CCC[C@H]1C(=O)C[C@@H](CCC(=O)O)C(=O)N[C@@H](CCC(=O)O)C(=O)O.CC(=O)C[C@@H](Cc1ccc(O)cc1)C(=O)N[C@H](CC(C)C)C(=O)N[C@@H](CC(=O)O)C(=O)NCCOCCN=[N+]=[N-]. The van der Waals surface area contributed by atoms with Crippen LogP contribution in [0.15, 0.2) is 29.4 Å². The number of nitrogens with one attached hydrogen (secondary N) is 5. The highest BCUT2D eigenvalue weighted by Gasteiger charge is 2.45. The fraction of sp³-hybridized carbons (Fsp3) is 0.662. The predicted octanol–water partition coefficient (Wildman–Crippen LogP) is 0.460. The number of phenolic OH excluding ortho intramolecular Hbond substituents is 1. The molecule has 0 aliphatic carbocycles. The number of carbonyl (C=O) groups excluding carboxylic acids is 12. The Kier molecular flexibility index (Phi) is 41.2. The number of carboxylic acid groups (broad SMARTS) is 4. The van der Waals surface area contributed by atoms with E-state index in [0.29, 0.717) is 57.1 Å². The van der Waals surface area contributed by atoms with Crippen LogP contribution in [0.5, 0.6) is 5.75 Å². The molecule has 36 nitrogen and oxygen atoms in total. The van der Waals surface area contributed by atoms with Gasteiger partial charge in [-0.3, -0.25) is 67.1 Å². The molecule has 3 saturated heterocycles. The molecule has 1 aromatic carbocycles. The second-order valence-corrected chi connectivity index (χ2v) is 27.1. The van der Waals surface area contributed by atoms with Gasteiger partial charge in [-0.2, -0.15) is 0 Å². The van der Waals surface area contributed by atoms with Gasteiger partial charge in [-0.15, -0.1) is 12.3 Å². The zero-order valence-corrected chi connectivity index (χ0v) is 60.8. The largest absolute Gasteiger partial charge is 0.508 e. The molecule has 107 heavy (non-hydrogen) atoms. The number of aliphatic carboxylic acids is 4. The minimum Gasteiger partial charge on any atom is -0.508 e. The van der Waals surface area contributed by atoms with Crippen LogP contribution in [-0.4, -0.2) is 253 Å². The zero-order chi connectivity index (χ0) is 79.9. The molecule has 11 atom stereocenters. The van der Waals surface area contributed by atoms with Crippen molar-refractivity contribution in [1.29, 1.82) is 0 Å². The van der Waals surface area contributed by atoms with E-state index in [1.165, 1.54) is 28.9 Å². The number of aromatic hydroxyl groups is 1. The number of unbranched alkanes of at least 4 members (excludes halogenated alkanes) is 1. The third-order valence-corrected chi connectivity index (χ3v) is 18.3. The zero-order valence-electron chi connectivity index (χ0n) is 60.8. The first kappa shape index (κ1) is 91.3. The molecule has 0 spiro atoms. The molecule has 3 fully saturated rings. The van der Waals surface area contributed by atoms with Crippen LogP contribution in [0, 0.1) is 41.9 Å². The van der Waals surface area contributed by atoms with Crippen LogP contribution in [0.4, 0.5) is 0 Å². The number of hydrogen-bond donors (Lipinski definition) is 13. The fourth-order valence-corrected chi connectivity index (χ4v) is 12.8. The van der Waals surface area contributed by atoms with E-state index in [0.717, 1.165) is 4.90 Å². The number of nitrogens with zero attached hydrogens (tertiary/aromatic N) is 6. The molecule has 3 heterocycles. The second-order valence-electron chi connectivity index (χ2n) is 27.1. The highest BCUT2D eigenvalue weighted by atomic mass is 16.5. The van der Waals surface area contributed by atoms with Crippen molar-refractivity contribution in [3.05, 3.63) is 40.3 Å². The number of terminal acetylenes is 1. The molecule has 0 saturated carbocycles. The summed E-state index contributed by atoms with van der Waals surface area (Å²) in [6.45, 7) is 4.41. The lowest BCUT2D eigenvalue weighted by Gasteiger charge is -2.33. The number of ketones is 4. The maximum absolute atomic E-state index is 14.1. The van der Waals surface area contributed by atoms with E-state index in [4.69, 9.17) is 27.5 Å². The lowest BCUT2D eigenvalue weighted by Crippen LogP contribution is -2.57. The summed E-state index contributed by atoms with van der Waals surface area (Å²) in [5, 5.41) is 82.6. The Morgan fingerprint density at radius 2 is 1.16 bits per heavy atom. The maximum atomic E-state index is 14.1. The third-order valence-electron chi connectivity index (χ3n) is 18.3. The summed E-state index contributed by atoms with van der Waals surface area (Å²) in [6, 6.07) is -2.67. The molecule has 0 radical (unpaired) electrons. The van der Waals surface area contributed by atoms with E-state index in [1.54, 1.807) is 12.1 Å². The van der Waals surface area contributed by atoms with Gasteiger partial charge in [0.2, 0.25) is 47.3 Å². The standard InChI is InChI=1S/C45H66N6O16.C26H38N6O8/c1-2-3-10-30(54)22-28(9-4-5-18-46)42(63)49-19-6-11-33(49)37(56)24-29(25-52)41(62)48-32(26-53)43(64)51-21-8-13-35(51)44(65)50-20-7-12-34(50)36(55)23-27(14-16-38(57)58)40(61)47-31(45(66)67)15-17-39(59)60;1-16(2)12-21(30-24(37)19(13-17(3)33)14-18-4-6-20(34)7-5-18)26(39)31-22(15-23(35)36)25(38)28-8-10-40-11-9-29-32-27/h1,27-29,31-35,52-53H,3-26,46H2,(H,47,61)(H,48,62)(H,57,58)(H,59,60)(H,66,67);4-7,16,19,21-22,34H,8-15H2,1-3H3,(H,28,38)(H,30,37)(H,31,39)(H,35,36)/t27-,28-,29+,31+,32-,33+,34+,35+;19-,21+,22-/m10/s1. The summed E-state index contributed by atoms with van der Waals surface area (Å²) in [4.78, 5) is 211. The Morgan fingerprint density at radius 1 is 0.607 bits per heavy atom. The molecular weight excluding hydrogens is 1400 g/mol.